The van der Waals surface area contributed by atoms with E-state index >= 15 is 0 Å². The van der Waals surface area contributed by atoms with E-state index in [1.54, 1.807) is 54.6 Å². The van der Waals surface area contributed by atoms with Gasteiger partial charge in [-0.15, -0.1) is 0 Å². The molecule has 130 valence electrons. The third-order valence-electron chi connectivity index (χ3n) is 3.52. The zero-order chi connectivity index (χ0) is 18.1. The highest BCUT2D eigenvalue weighted by molar-refractivity contribution is 5.84. The summed E-state index contributed by atoms with van der Waals surface area (Å²) >= 11 is 0. The van der Waals surface area contributed by atoms with E-state index in [4.69, 9.17) is 4.74 Å². The zero-order valence-corrected chi connectivity index (χ0v) is 13.6. The molecule has 6 heteroatoms. The van der Waals surface area contributed by atoms with Gasteiger partial charge in [0.25, 0.3) is 0 Å². The molecule has 0 bridgehead atoms. The van der Waals surface area contributed by atoms with Crippen molar-refractivity contribution in [2.75, 3.05) is 6.61 Å². The van der Waals surface area contributed by atoms with E-state index in [0.717, 1.165) is 6.29 Å². The predicted octanol–water partition coefficient (Wildman–Crippen LogP) is 2.60. The number of carbonyl (C=O) groups is 3. The largest absolute Gasteiger partial charge is 0.494 e. The Morgan fingerprint density at radius 1 is 1.08 bits per heavy atom. The van der Waals surface area contributed by atoms with Crippen LogP contribution in [0.4, 0.5) is 0 Å². The highest BCUT2D eigenvalue weighted by atomic mass is 16.5. The van der Waals surface area contributed by atoms with Crippen LogP contribution >= 0.6 is 0 Å². The Hall–Kier alpha value is -3.15. The Morgan fingerprint density at radius 2 is 1.76 bits per heavy atom. The van der Waals surface area contributed by atoms with Gasteiger partial charge in [0.2, 0.25) is 5.91 Å². The fourth-order valence-corrected chi connectivity index (χ4v) is 2.23. The topological polar surface area (TPSA) is 92.7 Å². The molecule has 2 N–H and O–H groups in total. The van der Waals surface area contributed by atoms with Crippen LogP contribution in [0.1, 0.15) is 34.8 Å². The van der Waals surface area contributed by atoms with Gasteiger partial charge in [0.1, 0.15) is 12.0 Å². The first-order chi connectivity index (χ1) is 12.1. The lowest BCUT2D eigenvalue weighted by atomic mass is 10.1. The third-order valence-corrected chi connectivity index (χ3v) is 3.52. The molecule has 0 saturated heterocycles. The minimum atomic E-state index is -1.11. The number of hydrogen-bond donors (Lipinski definition) is 2. The molecule has 2 aromatic rings. The predicted molar refractivity (Wildman–Crippen MR) is 91.5 cm³/mol. The lowest BCUT2D eigenvalue weighted by molar-refractivity contribution is -0.142. The summed E-state index contributed by atoms with van der Waals surface area (Å²) in [5.74, 6) is -0.846. The number of aliphatic carboxylic acids is 1. The van der Waals surface area contributed by atoms with E-state index in [-0.39, 0.29) is 12.3 Å². The lowest BCUT2D eigenvalue weighted by Gasteiger charge is -2.15. The zero-order valence-electron chi connectivity index (χ0n) is 13.6. The second-order valence-corrected chi connectivity index (χ2v) is 5.39. The average molecular weight is 341 g/mol. The van der Waals surface area contributed by atoms with Crippen molar-refractivity contribution < 1.29 is 24.2 Å². The van der Waals surface area contributed by atoms with Crippen LogP contribution in [0.25, 0.3) is 0 Å². The number of carboxylic acids is 1. The summed E-state index contributed by atoms with van der Waals surface area (Å²) in [5, 5.41) is 11.8. The molecule has 0 saturated carbocycles. The fourth-order valence-electron chi connectivity index (χ4n) is 2.23. The van der Waals surface area contributed by atoms with Crippen molar-refractivity contribution in [3.63, 3.8) is 0 Å². The lowest BCUT2D eigenvalue weighted by Crippen LogP contribution is -2.33. The van der Waals surface area contributed by atoms with Crippen molar-refractivity contribution in [1.82, 2.24) is 5.32 Å². The average Bonchev–Trinajstić information content (AvgIpc) is 2.64. The van der Waals surface area contributed by atoms with Gasteiger partial charge >= 0.3 is 5.97 Å². The van der Waals surface area contributed by atoms with Crippen LogP contribution in [0.15, 0.2) is 54.6 Å². The standard InChI is InChI=1S/C19H19NO5/c21-13-14-8-10-16(11-9-14)25-12-4-7-17(22)20-18(19(23)24)15-5-2-1-3-6-15/h1-3,5-6,8-11,13,18H,4,7,12H2,(H,20,22)(H,23,24). The summed E-state index contributed by atoms with van der Waals surface area (Å²) in [6, 6.07) is 14.1. The Morgan fingerprint density at radius 3 is 2.36 bits per heavy atom. The van der Waals surface area contributed by atoms with Gasteiger partial charge in [-0.3, -0.25) is 9.59 Å². The highest BCUT2D eigenvalue weighted by Gasteiger charge is 2.21. The van der Waals surface area contributed by atoms with E-state index < -0.39 is 12.0 Å². The van der Waals surface area contributed by atoms with Crippen molar-refractivity contribution in [2.24, 2.45) is 0 Å². The summed E-state index contributed by atoms with van der Waals surface area (Å²) in [6.45, 7) is 0.316. The van der Waals surface area contributed by atoms with Crippen molar-refractivity contribution in [3.8, 4) is 5.75 Å². The molecule has 1 amide bonds. The van der Waals surface area contributed by atoms with E-state index in [1.807, 2.05) is 0 Å². The number of hydrogen-bond acceptors (Lipinski definition) is 4. The molecule has 0 aromatic heterocycles. The molecule has 0 radical (unpaired) electrons. The number of nitrogens with one attached hydrogen (secondary N) is 1. The smallest absolute Gasteiger partial charge is 0.330 e. The summed E-state index contributed by atoms with van der Waals surface area (Å²) < 4.78 is 5.48. The molecule has 6 nitrogen and oxygen atoms in total. The maximum absolute atomic E-state index is 12.0. The third kappa shape index (κ3) is 5.76. The number of benzene rings is 2. The highest BCUT2D eigenvalue weighted by Crippen LogP contribution is 2.14. The van der Waals surface area contributed by atoms with E-state index in [2.05, 4.69) is 5.32 Å². The normalized spacial score (nSPS) is 11.4. The SMILES string of the molecule is O=Cc1ccc(OCCCC(=O)NC(C(=O)O)c2ccccc2)cc1. The number of carbonyl (C=O) groups excluding carboxylic acids is 2. The van der Waals surface area contributed by atoms with Crippen LogP contribution < -0.4 is 10.1 Å². The monoisotopic (exact) mass is 341 g/mol. The minimum Gasteiger partial charge on any atom is -0.494 e. The van der Waals surface area contributed by atoms with Crippen LogP contribution in [0.3, 0.4) is 0 Å². The number of rotatable bonds is 9. The number of aldehydes is 1. The van der Waals surface area contributed by atoms with Gasteiger partial charge in [-0.05, 0) is 36.2 Å². The molecule has 0 aliphatic rings. The molecule has 2 rings (SSSR count). The van der Waals surface area contributed by atoms with Crippen molar-refractivity contribution in [1.29, 1.82) is 0 Å². The summed E-state index contributed by atoms with van der Waals surface area (Å²) in [4.78, 5) is 33.9. The van der Waals surface area contributed by atoms with Gasteiger partial charge in [-0.2, -0.15) is 0 Å². The summed E-state index contributed by atoms with van der Waals surface area (Å²) in [7, 11) is 0. The molecular formula is C19H19NO5. The van der Waals surface area contributed by atoms with E-state index in [0.29, 0.717) is 29.9 Å². The van der Waals surface area contributed by atoms with Crippen molar-refractivity contribution in [2.45, 2.75) is 18.9 Å². The van der Waals surface area contributed by atoms with Crippen LogP contribution in [-0.2, 0) is 9.59 Å². The number of ether oxygens (including phenoxy) is 1. The molecule has 0 heterocycles. The van der Waals surface area contributed by atoms with Crippen LogP contribution in [0.5, 0.6) is 5.75 Å². The minimum absolute atomic E-state index is 0.156. The second-order valence-electron chi connectivity index (χ2n) is 5.39. The Balaban J connectivity index is 1.77. The Kier molecular flexibility index (Phi) is 6.71. The number of amides is 1. The molecule has 1 atom stereocenters. The maximum atomic E-state index is 12.0. The van der Waals surface area contributed by atoms with Crippen molar-refractivity contribution >= 4 is 18.2 Å². The first-order valence-electron chi connectivity index (χ1n) is 7.85. The van der Waals surface area contributed by atoms with E-state index in [1.165, 1.54) is 0 Å². The van der Waals surface area contributed by atoms with Crippen molar-refractivity contribution in [3.05, 3.63) is 65.7 Å². The number of carboxylic acid groups (broad SMARTS) is 1. The molecule has 0 aliphatic carbocycles. The molecule has 2 aromatic carbocycles. The fraction of sp³-hybridized carbons (Fsp3) is 0.211. The first kappa shape index (κ1) is 18.2. The quantitative estimate of drug-likeness (QED) is 0.540. The van der Waals surface area contributed by atoms with Gasteiger partial charge in [-0.25, -0.2) is 4.79 Å². The Bertz CT molecular complexity index is 712. The van der Waals surface area contributed by atoms with E-state index in [9.17, 15) is 19.5 Å². The van der Waals surface area contributed by atoms with Gasteiger partial charge in [0, 0.05) is 12.0 Å². The Labute approximate surface area is 145 Å². The summed E-state index contributed by atoms with van der Waals surface area (Å²) in [5.41, 5.74) is 1.09. The molecule has 0 aliphatic heterocycles. The van der Waals surface area contributed by atoms with Gasteiger partial charge in [0.15, 0.2) is 6.04 Å². The van der Waals surface area contributed by atoms with Crippen LogP contribution in [0.2, 0.25) is 0 Å². The summed E-state index contributed by atoms with van der Waals surface area (Å²) in [6.07, 6.45) is 1.35. The first-order valence-corrected chi connectivity index (χ1v) is 7.85. The second kappa shape index (κ2) is 9.22. The molecule has 1 unspecified atom stereocenters. The van der Waals surface area contributed by atoms with Crippen LogP contribution in [-0.4, -0.2) is 29.9 Å². The molecule has 25 heavy (non-hydrogen) atoms. The van der Waals surface area contributed by atoms with Gasteiger partial charge in [-0.1, -0.05) is 30.3 Å². The van der Waals surface area contributed by atoms with Gasteiger partial charge in [0.05, 0.1) is 6.61 Å². The maximum Gasteiger partial charge on any atom is 0.330 e. The van der Waals surface area contributed by atoms with Crippen LogP contribution in [0, 0.1) is 0 Å². The molecule has 0 spiro atoms. The van der Waals surface area contributed by atoms with Gasteiger partial charge < -0.3 is 15.2 Å². The molecule has 0 fully saturated rings. The molecular weight excluding hydrogens is 322 g/mol.